The molecule has 10 heteroatoms. The molecule has 0 saturated carbocycles. The average molecular weight is 436 g/mol. The van der Waals surface area contributed by atoms with E-state index in [1.54, 1.807) is 13.8 Å². The highest BCUT2D eigenvalue weighted by Gasteiger charge is 2.44. The summed E-state index contributed by atoms with van der Waals surface area (Å²) in [6.45, 7) is 6.98. The van der Waals surface area contributed by atoms with Gasteiger partial charge in [-0.1, -0.05) is 13.8 Å². The molecule has 0 unspecified atom stereocenters. The minimum Gasteiger partial charge on any atom is -0.508 e. The number of ether oxygens (including phenoxy) is 2. The van der Waals surface area contributed by atoms with Gasteiger partial charge in [-0.05, 0) is 44.7 Å². The Kier molecular flexibility index (Phi) is 7.24. The van der Waals surface area contributed by atoms with E-state index in [1.807, 2.05) is 13.8 Å². The normalized spacial score (nSPS) is 17.4. The number of rotatable bonds is 8. The van der Waals surface area contributed by atoms with Crippen LogP contribution >= 0.6 is 0 Å². The summed E-state index contributed by atoms with van der Waals surface area (Å²) in [6.07, 6.45) is -0.889. The molecular formula is C21H28N2O8. The van der Waals surface area contributed by atoms with Crippen molar-refractivity contribution in [2.24, 2.45) is 17.3 Å². The number of nitro groups is 1. The van der Waals surface area contributed by atoms with E-state index >= 15 is 0 Å². The van der Waals surface area contributed by atoms with Crippen LogP contribution in [0.5, 0.6) is 5.75 Å². The SMILES string of the molecule is COC(=O)C(C)(C)C[C@H](Cc1ccc(O)cc1[N+](=O)[O-])C(=O)N1C(=O)OC[C@@H]1C(C)C. The van der Waals surface area contributed by atoms with Crippen LogP contribution in [0.1, 0.15) is 39.7 Å². The molecule has 170 valence electrons. The van der Waals surface area contributed by atoms with E-state index in [0.29, 0.717) is 0 Å². The van der Waals surface area contributed by atoms with Gasteiger partial charge in [0.1, 0.15) is 12.4 Å². The van der Waals surface area contributed by atoms with E-state index in [9.17, 15) is 29.6 Å². The summed E-state index contributed by atoms with van der Waals surface area (Å²) in [7, 11) is 1.23. The predicted octanol–water partition coefficient (Wildman–Crippen LogP) is 3.05. The molecular weight excluding hydrogens is 408 g/mol. The maximum atomic E-state index is 13.5. The standard InChI is InChI=1S/C21H28N2O8/c1-12(2)17-11-31-20(27)22(17)18(25)14(10-21(3,4)19(26)30-5)8-13-6-7-15(24)9-16(13)23(28)29/h6-7,9,12,14,17,24H,8,10-11H2,1-5H3/t14-,17+/m0/s1. The lowest BCUT2D eigenvalue weighted by Crippen LogP contribution is -2.46. The van der Waals surface area contributed by atoms with Crippen LogP contribution in [0.4, 0.5) is 10.5 Å². The van der Waals surface area contributed by atoms with Crippen LogP contribution in [-0.2, 0) is 25.5 Å². The summed E-state index contributed by atoms with van der Waals surface area (Å²) in [5, 5.41) is 21.1. The number of hydrogen-bond donors (Lipinski definition) is 1. The van der Waals surface area contributed by atoms with E-state index in [2.05, 4.69) is 0 Å². The number of phenols is 1. The van der Waals surface area contributed by atoms with Gasteiger partial charge >= 0.3 is 12.1 Å². The number of carbonyl (C=O) groups is 3. The molecule has 1 heterocycles. The smallest absolute Gasteiger partial charge is 0.416 e. The molecule has 0 bridgehead atoms. The molecule has 0 radical (unpaired) electrons. The molecule has 1 N–H and O–H groups in total. The number of aromatic hydroxyl groups is 1. The Labute approximate surface area is 180 Å². The van der Waals surface area contributed by atoms with E-state index in [0.717, 1.165) is 11.0 Å². The third kappa shape index (κ3) is 5.31. The van der Waals surface area contributed by atoms with Crippen molar-refractivity contribution in [3.63, 3.8) is 0 Å². The molecule has 1 aliphatic heterocycles. The summed E-state index contributed by atoms with van der Waals surface area (Å²) in [4.78, 5) is 49.9. The third-order valence-electron chi connectivity index (χ3n) is 5.49. The molecule has 1 aromatic carbocycles. The van der Waals surface area contributed by atoms with Crippen LogP contribution in [0.25, 0.3) is 0 Å². The monoisotopic (exact) mass is 436 g/mol. The van der Waals surface area contributed by atoms with Crippen LogP contribution in [0.2, 0.25) is 0 Å². The Bertz CT molecular complexity index is 880. The van der Waals surface area contributed by atoms with E-state index in [4.69, 9.17) is 9.47 Å². The van der Waals surface area contributed by atoms with Crippen molar-refractivity contribution in [3.05, 3.63) is 33.9 Å². The second kappa shape index (κ2) is 9.32. The molecule has 2 amide bonds. The average Bonchev–Trinajstić information content (AvgIpc) is 3.08. The van der Waals surface area contributed by atoms with E-state index in [-0.39, 0.29) is 42.4 Å². The summed E-state index contributed by atoms with van der Waals surface area (Å²) in [6, 6.07) is 3.18. The van der Waals surface area contributed by atoms with Crippen LogP contribution in [0.3, 0.4) is 0 Å². The topological polar surface area (TPSA) is 136 Å². The van der Waals surface area contributed by atoms with Gasteiger partial charge < -0.3 is 14.6 Å². The van der Waals surface area contributed by atoms with Crippen molar-refractivity contribution in [2.75, 3.05) is 13.7 Å². The van der Waals surface area contributed by atoms with Crippen LogP contribution in [-0.4, -0.2) is 52.7 Å². The lowest BCUT2D eigenvalue weighted by molar-refractivity contribution is -0.385. The van der Waals surface area contributed by atoms with Gasteiger partial charge in [-0.15, -0.1) is 0 Å². The Hall–Kier alpha value is -3.17. The third-order valence-corrected chi connectivity index (χ3v) is 5.49. The molecule has 31 heavy (non-hydrogen) atoms. The second-order valence-corrected chi connectivity index (χ2v) is 8.65. The highest BCUT2D eigenvalue weighted by atomic mass is 16.6. The van der Waals surface area contributed by atoms with Crippen molar-refractivity contribution in [3.8, 4) is 5.75 Å². The first-order valence-corrected chi connectivity index (χ1v) is 9.93. The van der Waals surface area contributed by atoms with Gasteiger partial charge in [0.15, 0.2) is 0 Å². The molecule has 0 aromatic heterocycles. The van der Waals surface area contributed by atoms with E-state index < -0.39 is 40.3 Å². The molecule has 10 nitrogen and oxygen atoms in total. The first-order valence-electron chi connectivity index (χ1n) is 9.93. The van der Waals surface area contributed by atoms with Gasteiger partial charge in [0, 0.05) is 11.5 Å². The fraction of sp³-hybridized carbons (Fsp3) is 0.571. The molecule has 2 rings (SSSR count). The van der Waals surface area contributed by atoms with Gasteiger partial charge in [-0.3, -0.25) is 19.7 Å². The largest absolute Gasteiger partial charge is 0.508 e. The van der Waals surface area contributed by atoms with Crippen LogP contribution in [0.15, 0.2) is 18.2 Å². The van der Waals surface area contributed by atoms with Crippen molar-refractivity contribution in [2.45, 2.75) is 46.6 Å². The Balaban J connectivity index is 2.47. The van der Waals surface area contributed by atoms with Crippen molar-refractivity contribution >= 4 is 23.7 Å². The quantitative estimate of drug-likeness (QED) is 0.373. The number of nitrogens with zero attached hydrogens (tertiary/aromatic N) is 2. The fourth-order valence-corrected chi connectivity index (χ4v) is 3.76. The molecule has 0 aliphatic carbocycles. The van der Waals surface area contributed by atoms with Crippen LogP contribution < -0.4 is 0 Å². The molecule has 1 aliphatic rings. The number of methoxy groups -OCH3 is 1. The Morgan fingerprint density at radius 1 is 1.39 bits per heavy atom. The maximum Gasteiger partial charge on any atom is 0.416 e. The molecule has 1 aromatic rings. The molecule has 1 fully saturated rings. The first kappa shape index (κ1) is 24.1. The zero-order valence-corrected chi connectivity index (χ0v) is 18.3. The fourth-order valence-electron chi connectivity index (χ4n) is 3.76. The zero-order chi connectivity index (χ0) is 23.5. The Morgan fingerprint density at radius 3 is 2.58 bits per heavy atom. The van der Waals surface area contributed by atoms with Gasteiger partial charge in [-0.2, -0.15) is 0 Å². The van der Waals surface area contributed by atoms with Gasteiger partial charge in [0.2, 0.25) is 5.91 Å². The first-order chi connectivity index (χ1) is 14.4. The zero-order valence-electron chi connectivity index (χ0n) is 18.3. The van der Waals surface area contributed by atoms with Crippen LogP contribution in [0, 0.1) is 27.4 Å². The number of amides is 2. The number of phenolic OH excluding ortho intramolecular Hbond substituents is 1. The molecule has 1 saturated heterocycles. The van der Waals surface area contributed by atoms with Gasteiger partial charge in [0.05, 0.1) is 29.6 Å². The highest BCUT2D eigenvalue weighted by molar-refractivity contribution is 5.95. The summed E-state index contributed by atoms with van der Waals surface area (Å²) >= 11 is 0. The number of imide groups is 1. The lowest BCUT2D eigenvalue weighted by atomic mass is 9.79. The van der Waals surface area contributed by atoms with Gasteiger partial charge in [-0.25, -0.2) is 9.69 Å². The van der Waals surface area contributed by atoms with Gasteiger partial charge in [0.25, 0.3) is 5.69 Å². The Morgan fingerprint density at radius 2 is 2.03 bits per heavy atom. The van der Waals surface area contributed by atoms with E-state index in [1.165, 1.54) is 19.2 Å². The number of nitro benzene ring substituents is 1. The molecule has 0 spiro atoms. The summed E-state index contributed by atoms with van der Waals surface area (Å²) in [5.41, 5.74) is -1.23. The van der Waals surface area contributed by atoms with Crippen molar-refractivity contribution in [1.82, 2.24) is 4.90 Å². The number of carbonyl (C=O) groups excluding carboxylic acids is 3. The van der Waals surface area contributed by atoms with Crippen molar-refractivity contribution in [1.29, 1.82) is 0 Å². The van der Waals surface area contributed by atoms with Crippen molar-refractivity contribution < 1.29 is 33.9 Å². The lowest BCUT2D eigenvalue weighted by Gasteiger charge is -2.31. The minimum absolute atomic E-state index is 0.00880. The second-order valence-electron chi connectivity index (χ2n) is 8.65. The molecule has 2 atom stereocenters. The number of hydrogen-bond acceptors (Lipinski definition) is 8. The highest BCUT2D eigenvalue weighted by Crippen LogP contribution is 2.35. The summed E-state index contributed by atoms with van der Waals surface area (Å²) in [5.74, 6) is -2.40. The minimum atomic E-state index is -1.09. The maximum absolute atomic E-state index is 13.5. The summed E-state index contributed by atoms with van der Waals surface area (Å²) < 4.78 is 9.90. The predicted molar refractivity (Wildman–Crippen MR) is 109 cm³/mol. The number of cyclic esters (lactones) is 1. The number of esters is 1. The number of benzene rings is 1.